The molecule has 2 nitrogen and oxygen atoms in total. The number of halogens is 1. The van der Waals surface area contributed by atoms with E-state index in [1.54, 1.807) is 7.11 Å². The molecule has 82 valence electrons. The van der Waals surface area contributed by atoms with Gasteiger partial charge in [-0.3, -0.25) is 0 Å². The van der Waals surface area contributed by atoms with Gasteiger partial charge in [0.1, 0.15) is 0 Å². The molecule has 0 aliphatic carbocycles. The van der Waals surface area contributed by atoms with E-state index in [1.165, 1.54) is 5.56 Å². The minimum atomic E-state index is 0.0298. The van der Waals surface area contributed by atoms with Gasteiger partial charge in [-0.25, -0.2) is 0 Å². The first-order valence-electron chi connectivity index (χ1n) is 5.25. The Balaban J connectivity index is 2.31. The summed E-state index contributed by atoms with van der Waals surface area (Å²) in [5, 5.41) is 4.31. The fourth-order valence-corrected chi connectivity index (χ4v) is 2.45. The highest BCUT2D eigenvalue weighted by Crippen LogP contribution is 2.39. The molecular formula is C12H16ClNO. The van der Waals surface area contributed by atoms with Gasteiger partial charge in [0.2, 0.25) is 0 Å². The van der Waals surface area contributed by atoms with Crippen LogP contribution in [0.15, 0.2) is 18.2 Å². The molecular weight excluding hydrogens is 210 g/mol. The summed E-state index contributed by atoms with van der Waals surface area (Å²) in [6.45, 7) is 2.89. The van der Waals surface area contributed by atoms with Gasteiger partial charge >= 0.3 is 0 Å². The molecule has 0 bridgehead atoms. The van der Waals surface area contributed by atoms with E-state index in [-0.39, 0.29) is 5.54 Å². The van der Waals surface area contributed by atoms with Crippen LogP contribution in [-0.2, 0) is 11.2 Å². The third-order valence-corrected chi connectivity index (χ3v) is 3.43. The van der Waals surface area contributed by atoms with Crippen LogP contribution < -0.4 is 5.32 Å². The zero-order chi connectivity index (χ0) is 10.9. The Labute approximate surface area is 95.6 Å². The first-order valence-corrected chi connectivity index (χ1v) is 5.63. The van der Waals surface area contributed by atoms with E-state index in [9.17, 15) is 0 Å². The minimum absolute atomic E-state index is 0.0298. The van der Waals surface area contributed by atoms with Crippen molar-refractivity contribution in [3.63, 3.8) is 0 Å². The lowest BCUT2D eigenvalue weighted by Gasteiger charge is -2.27. The number of benzene rings is 1. The molecule has 15 heavy (non-hydrogen) atoms. The lowest BCUT2D eigenvalue weighted by Crippen LogP contribution is -2.40. The Morgan fingerprint density at radius 3 is 2.93 bits per heavy atom. The van der Waals surface area contributed by atoms with Crippen LogP contribution in [0.1, 0.15) is 18.9 Å². The maximum Gasteiger partial charge on any atom is 0.0695 e. The molecule has 1 aromatic carbocycles. The van der Waals surface area contributed by atoms with Crippen molar-refractivity contribution in [1.29, 1.82) is 0 Å². The van der Waals surface area contributed by atoms with Gasteiger partial charge in [-0.1, -0.05) is 30.7 Å². The quantitative estimate of drug-likeness (QED) is 0.854. The van der Waals surface area contributed by atoms with Crippen LogP contribution in [0.4, 0.5) is 5.69 Å². The molecule has 0 radical (unpaired) electrons. The van der Waals surface area contributed by atoms with Gasteiger partial charge in [-0.2, -0.15) is 0 Å². The van der Waals surface area contributed by atoms with E-state index in [2.05, 4.69) is 18.3 Å². The highest BCUT2D eigenvalue weighted by atomic mass is 35.5. The Morgan fingerprint density at radius 1 is 1.53 bits per heavy atom. The average Bonchev–Trinajstić information content (AvgIpc) is 2.59. The summed E-state index contributed by atoms with van der Waals surface area (Å²) in [6.07, 6.45) is 2.03. The zero-order valence-corrected chi connectivity index (χ0v) is 9.90. The van der Waals surface area contributed by atoms with Gasteiger partial charge in [-0.05, 0) is 24.5 Å². The summed E-state index contributed by atoms with van der Waals surface area (Å²) >= 11 is 6.15. The second-order valence-corrected chi connectivity index (χ2v) is 4.55. The van der Waals surface area contributed by atoms with Crippen LogP contribution in [0, 0.1) is 0 Å². The topological polar surface area (TPSA) is 21.3 Å². The van der Waals surface area contributed by atoms with E-state index in [0.29, 0.717) is 6.61 Å². The highest BCUT2D eigenvalue weighted by molar-refractivity contribution is 6.33. The molecule has 0 saturated carbocycles. The number of fused-ring (bicyclic) bond motifs is 1. The van der Waals surface area contributed by atoms with Gasteiger partial charge < -0.3 is 10.1 Å². The van der Waals surface area contributed by atoms with Crippen molar-refractivity contribution >= 4 is 17.3 Å². The van der Waals surface area contributed by atoms with E-state index in [1.807, 2.05) is 12.1 Å². The molecule has 0 saturated heterocycles. The van der Waals surface area contributed by atoms with Gasteiger partial charge in [0.15, 0.2) is 0 Å². The Bertz CT molecular complexity index is 367. The fraction of sp³-hybridized carbons (Fsp3) is 0.500. The van der Waals surface area contributed by atoms with Crippen molar-refractivity contribution < 1.29 is 4.74 Å². The zero-order valence-electron chi connectivity index (χ0n) is 9.14. The van der Waals surface area contributed by atoms with Crippen LogP contribution in [0.3, 0.4) is 0 Å². The molecule has 0 aromatic heterocycles. The lowest BCUT2D eigenvalue weighted by atomic mass is 9.93. The maximum atomic E-state index is 6.15. The van der Waals surface area contributed by atoms with Gasteiger partial charge in [0.25, 0.3) is 0 Å². The molecule has 0 amide bonds. The molecule has 0 spiro atoms. The number of hydrogen-bond acceptors (Lipinski definition) is 2. The number of methoxy groups -OCH3 is 1. The third-order valence-electron chi connectivity index (χ3n) is 3.12. The van der Waals surface area contributed by atoms with Crippen LogP contribution in [0.5, 0.6) is 0 Å². The number of anilines is 1. The summed E-state index contributed by atoms with van der Waals surface area (Å²) in [7, 11) is 1.74. The van der Waals surface area contributed by atoms with Crippen molar-refractivity contribution in [2.75, 3.05) is 19.0 Å². The van der Waals surface area contributed by atoms with Crippen LogP contribution in [0.25, 0.3) is 0 Å². The van der Waals surface area contributed by atoms with Crippen molar-refractivity contribution in [2.45, 2.75) is 25.3 Å². The number of rotatable bonds is 3. The predicted octanol–water partition coefficient (Wildman–Crippen LogP) is 3.10. The molecule has 1 aromatic rings. The number of ether oxygens (including phenoxy) is 1. The first-order chi connectivity index (χ1) is 7.21. The van der Waals surface area contributed by atoms with E-state index < -0.39 is 0 Å². The number of hydrogen-bond donors (Lipinski definition) is 1. The van der Waals surface area contributed by atoms with E-state index >= 15 is 0 Å². The smallest absolute Gasteiger partial charge is 0.0695 e. The molecule has 2 rings (SSSR count). The summed E-state index contributed by atoms with van der Waals surface area (Å²) < 4.78 is 5.29. The van der Waals surface area contributed by atoms with Gasteiger partial charge in [-0.15, -0.1) is 0 Å². The number of nitrogens with one attached hydrogen (secondary N) is 1. The number of para-hydroxylation sites is 1. The molecule has 1 heterocycles. The first kappa shape index (κ1) is 10.8. The Morgan fingerprint density at radius 2 is 2.33 bits per heavy atom. The normalized spacial score (nSPS) is 23.7. The van der Waals surface area contributed by atoms with Gasteiger partial charge in [0, 0.05) is 7.11 Å². The largest absolute Gasteiger partial charge is 0.382 e. The second kappa shape index (κ2) is 4.03. The van der Waals surface area contributed by atoms with Gasteiger partial charge in [0.05, 0.1) is 22.9 Å². The molecule has 1 atom stereocenters. The van der Waals surface area contributed by atoms with Crippen LogP contribution in [0.2, 0.25) is 5.02 Å². The SMILES string of the molecule is CCC1(COC)Cc2cccc(Cl)c2N1. The molecule has 1 aliphatic rings. The van der Waals surface area contributed by atoms with Crippen molar-refractivity contribution in [1.82, 2.24) is 0 Å². The average molecular weight is 226 g/mol. The molecule has 1 aliphatic heterocycles. The van der Waals surface area contributed by atoms with Crippen molar-refractivity contribution in [3.8, 4) is 0 Å². The van der Waals surface area contributed by atoms with Crippen LogP contribution >= 0.6 is 11.6 Å². The standard InChI is InChI=1S/C12H16ClNO/c1-3-12(8-15-2)7-9-5-4-6-10(13)11(9)14-12/h4-6,14H,3,7-8H2,1-2H3. The fourth-order valence-electron chi connectivity index (χ4n) is 2.21. The second-order valence-electron chi connectivity index (χ2n) is 4.14. The molecule has 3 heteroatoms. The third kappa shape index (κ3) is 1.84. The summed E-state index contributed by atoms with van der Waals surface area (Å²) in [6, 6.07) is 6.05. The Hall–Kier alpha value is -0.730. The summed E-state index contributed by atoms with van der Waals surface area (Å²) in [5.74, 6) is 0. The summed E-state index contributed by atoms with van der Waals surface area (Å²) in [5.41, 5.74) is 2.40. The van der Waals surface area contributed by atoms with E-state index in [4.69, 9.17) is 16.3 Å². The van der Waals surface area contributed by atoms with Crippen molar-refractivity contribution in [3.05, 3.63) is 28.8 Å². The summed E-state index contributed by atoms with van der Waals surface area (Å²) in [4.78, 5) is 0. The predicted molar refractivity (Wildman–Crippen MR) is 63.7 cm³/mol. The highest BCUT2D eigenvalue weighted by Gasteiger charge is 2.35. The van der Waals surface area contributed by atoms with E-state index in [0.717, 1.165) is 23.6 Å². The lowest BCUT2D eigenvalue weighted by molar-refractivity contribution is 0.143. The van der Waals surface area contributed by atoms with Crippen LogP contribution in [-0.4, -0.2) is 19.3 Å². The molecule has 1 N–H and O–H groups in total. The minimum Gasteiger partial charge on any atom is -0.382 e. The molecule has 0 fully saturated rings. The maximum absolute atomic E-state index is 6.15. The monoisotopic (exact) mass is 225 g/mol. The Kier molecular flexibility index (Phi) is 2.89. The van der Waals surface area contributed by atoms with Crippen molar-refractivity contribution in [2.24, 2.45) is 0 Å². The molecule has 1 unspecified atom stereocenters.